The Morgan fingerprint density at radius 2 is 2.20 bits per heavy atom. The highest BCUT2D eigenvalue weighted by atomic mass is 16.6. The van der Waals surface area contributed by atoms with Crippen molar-refractivity contribution in [1.82, 2.24) is 0 Å². The molecule has 0 amide bonds. The number of esters is 1. The molecule has 1 saturated heterocycles. The van der Waals surface area contributed by atoms with E-state index >= 15 is 0 Å². The third-order valence-corrected chi connectivity index (χ3v) is 1.86. The predicted molar refractivity (Wildman–Crippen MR) is 53.5 cm³/mol. The van der Waals surface area contributed by atoms with E-state index in [1.807, 2.05) is 6.92 Å². The van der Waals surface area contributed by atoms with Crippen molar-refractivity contribution in [2.24, 2.45) is 0 Å². The van der Waals surface area contributed by atoms with E-state index < -0.39 is 5.97 Å². The number of hydrogen-bond donors (Lipinski definition) is 1. The average molecular weight is 218 g/mol. The smallest absolute Gasteiger partial charge is 0.334 e. The maximum Gasteiger partial charge on any atom is 0.334 e. The summed E-state index contributed by atoms with van der Waals surface area (Å²) < 4.78 is 9.50. The molecule has 0 bridgehead atoms. The number of carbonyl (C=O) groups is 2. The highest BCUT2D eigenvalue weighted by molar-refractivity contribution is 5.74. The Balaban J connectivity index is 0.000000288. The van der Waals surface area contributed by atoms with Gasteiger partial charge in [-0.2, -0.15) is 0 Å². The second-order valence-corrected chi connectivity index (χ2v) is 3.17. The lowest BCUT2D eigenvalue weighted by molar-refractivity contribution is -0.151. The van der Waals surface area contributed by atoms with Gasteiger partial charge in [0.15, 0.2) is 6.10 Å². The van der Waals surface area contributed by atoms with E-state index in [2.05, 4.69) is 4.74 Å². The van der Waals surface area contributed by atoms with Crippen LogP contribution in [-0.4, -0.2) is 36.9 Å². The fraction of sp³-hybridized carbons (Fsp3) is 0.800. The van der Waals surface area contributed by atoms with Crippen LogP contribution >= 0.6 is 0 Å². The van der Waals surface area contributed by atoms with Crippen LogP contribution in [0.4, 0.5) is 0 Å². The monoisotopic (exact) mass is 218 g/mol. The van der Waals surface area contributed by atoms with E-state index in [4.69, 9.17) is 9.84 Å². The minimum atomic E-state index is -0.711. The van der Waals surface area contributed by atoms with Gasteiger partial charge in [0, 0.05) is 13.0 Å². The third kappa shape index (κ3) is 6.90. The molecule has 15 heavy (non-hydrogen) atoms. The number of rotatable bonds is 3. The van der Waals surface area contributed by atoms with Crippen molar-refractivity contribution in [1.29, 1.82) is 0 Å². The first-order chi connectivity index (χ1) is 7.11. The summed E-state index contributed by atoms with van der Waals surface area (Å²) in [6.45, 7) is 2.54. The molecule has 1 fully saturated rings. The SMILES string of the molecule is CCCC(=O)O.COC(=O)C1CCCO1. The van der Waals surface area contributed by atoms with Crippen LogP contribution in [0.15, 0.2) is 0 Å². The van der Waals surface area contributed by atoms with Crippen molar-refractivity contribution in [3.05, 3.63) is 0 Å². The fourth-order valence-electron chi connectivity index (χ4n) is 1.11. The van der Waals surface area contributed by atoms with Gasteiger partial charge in [0.25, 0.3) is 0 Å². The zero-order valence-electron chi connectivity index (χ0n) is 9.19. The number of carboxylic acid groups (broad SMARTS) is 1. The number of ether oxygens (including phenoxy) is 2. The molecule has 88 valence electrons. The van der Waals surface area contributed by atoms with Gasteiger partial charge in [0.2, 0.25) is 0 Å². The van der Waals surface area contributed by atoms with Crippen LogP contribution in [0.1, 0.15) is 32.6 Å². The molecular formula is C10H18O5. The van der Waals surface area contributed by atoms with Crippen LogP contribution in [0, 0.1) is 0 Å². The topological polar surface area (TPSA) is 72.8 Å². The molecule has 5 heteroatoms. The molecule has 1 unspecified atom stereocenters. The molecule has 1 rings (SSSR count). The molecule has 5 nitrogen and oxygen atoms in total. The second kappa shape index (κ2) is 8.23. The molecular weight excluding hydrogens is 200 g/mol. The minimum Gasteiger partial charge on any atom is -0.481 e. The first kappa shape index (κ1) is 13.9. The van der Waals surface area contributed by atoms with E-state index in [1.54, 1.807) is 0 Å². The summed E-state index contributed by atoms with van der Waals surface area (Å²) >= 11 is 0. The highest BCUT2D eigenvalue weighted by Crippen LogP contribution is 2.12. The Labute approximate surface area is 89.4 Å². The van der Waals surface area contributed by atoms with Gasteiger partial charge in [0.1, 0.15) is 0 Å². The van der Waals surface area contributed by atoms with Gasteiger partial charge in [0.05, 0.1) is 7.11 Å². The van der Waals surface area contributed by atoms with Gasteiger partial charge >= 0.3 is 11.9 Å². The zero-order chi connectivity index (χ0) is 11.7. The quantitative estimate of drug-likeness (QED) is 0.721. The largest absolute Gasteiger partial charge is 0.481 e. The predicted octanol–water partition coefficient (Wildman–Crippen LogP) is 1.21. The van der Waals surface area contributed by atoms with Crippen LogP contribution in [-0.2, 0) is 19.1 Å². The lowest BCUT2D eigenvalue weighted by Crippen LogP contribution is -2.20. The highest BCUT2D eigenvalue weighted by Gasteiger charge is 2.23. The van der Waals surface area contributed by atoms with Crippen LogP contribution in [0.25, 0.3) is 0 Å². The summed E-state index contributed by atoms with van der Waals surface area (Å²) in [5.41, 5.74) is 0. The molecule has 1 atom stereocenters. The summed E-state index contributed by atoms with van der Waals surface area (Å²) in [6.07, 6.45) is 2.52. The standard InChI is InChI=1S/C6H10O3.C4H8O2/c1-8-6(7)5-3-2-4-9-5;1-2-3-4(5)6/h5H,2-4H2,1H3;2-3H2,1H3,(H,5,6). The molecule has 0 spiro atoms. The van der Waals surface area contributed by atoms with Crippen molar-refractivity contribution in [2.75, 3.05) is 13.7 Å². The van der Waals surface area contributed by atoms with Crippen LogP contribution in [0.3, 0.4) is 0 Å². The first-order valence-electron chi connectivity index (χ1n) is 5.03. The Bertz CT molecular complexity index is 196. The summed E-state index contributed by atoms with van der Waals surface area (Å²) in [5, 5.41) is 7.91. The second-order valence-electron chi connectivity index (χ2n) is 3.17. The molecule has 1 heterocycles. The summed E-state index contributed by atoms with van der Waals surface area (Å²) in [6, 6.07) is 0. The molecule has 1 N–H and O–H groups in total. The van der Waals surface area contributed by atoms with Crippen molar-refractivity contribution in [3.8, 4) is 0 Å². The van der Waals surface area contributed by atoms with E-state index in [-0.39, 0.29) is 12.1 Å². The van der Waals surface area contributed by atoms with Gasteiger partial charge in [-0.1, -0.05) is 6.92 Å². The Kier molecular flexibility index (Phi) is 7.62. The van der Waals surface area contributed by atoms with Crippen LogP contribution in [0.5, 0.6) is 0 Å². The lowest BCUT2D eigenvalue weighted by atomic mass is 10.2. The number of hydrogen-bond acceptors (Lipinski definition) is 4. The van der Waals surface area contributed by atoms with Crippen molar-refractivity contribution < 1.29 is 24.2 Å². The van der Waals surface area contributed by atoms with E-state index in [1.165, 1.54) is 7.11 Å². The molecule has 1 aliphatic heterocycles. The molecule has 0 aromatic carbocycles. The normalized spacial score (nSPS) is 18.9. The Morgan fingerprint density at radius 1 is 1.53 bits per heavy atom. The molecule has 0 aromatic rings. The summed E-state index contributed by atoms with van der Waals surface area (Å²) in [5.74, 6) is -0.954. The van der Waals surface area contributed by atoms with E-state index in [0.717, 1.165) is 19.3 Å². The number of methoxy groups -OCH3 is 1. The van der Waals surface area contributed by atoms with Crippen LogP contribution in [0.2, 0.25) is 0 Å². The maximum atomic E-state index is 10.7. The average Bonchev–Trinajstić information content (AvgIpc) is 2.70. The Hall–Kier alpha value is -1.10. The fourth-order valence-corrected chi connectivity index (χ4v) is 1.11. The van der Waals surface area contributed by atoms with Gasteiger partial charge in [-0.25, -0.2) is 4.79 Å². The first-order valence-corrected chi connectivity index (χ1v) is 5.03. The molecule has 0 aromatic heterocycles. The molecule has 0 saturated carbocycles. The van der Waals surface area contributed by atoms with E-state index in [0.29, 0.717) is 13.0 Å². The minimum absolute atomic E-state index is 0.243. The van der Waals surface area contributed by atoms with Gasteiger partial charge in [-0.05, 0) is 19.3 Å². The van der Waals surface area contributed by atoms with Gasteiger partial charge < -0.3 is 14.6 Å². The van der Waals surface area contributed by atoms with Crippen molar-refractivity contribution >= 4 is 11.9 Å². The molecule has 0 radical (unpaired) electrons. The number of aliphatic carboxylic acids is 1. The third-order valence-electron chi connectivity index (χ3n) is 1.86. The molecule has 1 aliphatic rings. The van der Waals surface area contributed by atoms with Gasteiger partial charge in [-0.3, -0.25) is 4.79 Å². The van der Waals surface area contributed by atoms with Crippen molar-refractivity contribution in [2.45, 2.75) is 38.7 Å². The zero-order valence-corrected chi connectivity index (χ0v) is 9.19. The molecule has 0 aliphatic carbocycles. The maximum absolute atomic E-state index is 10.7. The summed E-state index contributed by atoms with van der Waals surface area (Å²) in [4.78, 5) is 20.3. The van der Waals surface area contributed by atoms with Crippen LogP contribution < -0.4 is 0 Å². The Morgan fingerprint density at radius 3 is 2.47 bits per heavy atom. The summed E-state index contributed by atoms with van der Waals surface area (Å²) in [7, 11) is 1.38. The van der Waals surface area contributed by atoms with Gasteiger partial charge in [-0.15, -0.1) is 0 Å². The lowest BCUT2D eigenvalue weighted by Gasteiger charge is -2.04. The van der Waals surface area contributed by atoms with E-state index in [9.17, 15) is 9.59 Å². The van der Waals surface area contributed by atoms with Crippen molar-refractivity contribution in [3.63, 3.8) is 0 Å². The number of carboxylic acids is 1. The number of carbonyl (C=O) groups excluding carboxylic acids is 1.